The van der Waals surface area contributed by atoms with E-state index in [4.69, 9.17) is 23.7 Å². The summed E-state index contributed by atoms with van der Waals surface area (Å²) in [5, 5.41) is 31.2. The topological polar surface area (TPSA) is 192 Å². The Bertz CT molecular complexity index is 2490. The van der Waals surface area contributed by atoms with Crippen molar-refractivity contribution in [3.8, 4) is 0 Å². The molecule has 0 spiro atoms. The van der Waals surface area contributed by atoms with Crippen LogP contribution in [0.5, 0.6) is 0 Å². The van der Waals surface area contributed by atoms with Crippen LogP contribution in [0.15, 0.2) is 60.8 Å². The molecule has 0 amide bonds. The lowest BCUT2D eigenvalue weighted by molar-refractivity contribution is -0.240. The summed E-state index contributed by atoms with van der Waals surface area (Å²) in [6, 6.07) is 0. The van der Waals surface area contributed by atoms with Crippen molar-refractivity contribution in [2.75, 3.05) is 0 Å². The molecule has 0 aliphatic heterocycles. The predicted molar refractivity (Wildman–Crippen MR) is 327 cm³/mol. The predicted octanol–water partition coefficient (Wildman–Crippen LogP) is 13.7. The molecule has 85 heavy (non-hydrogen) atoms. The van der Waals surface area contributed by atoms with Crippen molar-refractivity contribution in [1.29, 1.82) is 0 Å². The molecule has 0 aromatic rings. The highest BCUT2D eigenvalue weighted by Gasteiger charge is 2.64. The lowest BCUT2D eigenvalue weighted by Gasteiger charge is -2.61. The van der Waals surface area contributed by atoms with E-state index in [1.165, 1.54) is 77.0 Å². The molecule has 2 atom stereocenters. The standard InChI is InChI=1S/C17H26O2.C16H24O2.C14H20O4.C14H20O3.C11H18O2/c1-10(2)16(18)19-17(11(3)4)14-6-12-5-13(8-14)9-15(17)7-12;1-4-16(18-15(17)10(2)3)13-6-11-5-12(8-13)9-14(16)7-11;1-8(2)12(15)18-11-9-3-13(16)5-10(11)6-14(17,4-9)7-13;1-8(2)13(15)17-12-10-3-9-4-11(12)7-14(16,5-9)6-10;1-4-11(7-5-6-8-11)13-10(12)9(2)3/h11-15H,1,5-9H2,2-4H3;11-14H,2,4-9H2,1,3H3;9-11,16-17H,1,3-7H2,2H3;9-12,16H,1,3-7H2,2H3;2,4-8H2,1,3H3. The number of esters is 5. The summed E-state index contributed by atoms with van der Waals surface area (Å²) >= 11 is 0. The summed E-state index contributed by atoms with van der Waals surface area (Å²) in [7, 11) is 0. The van der Waals surface area contributed by atoms with Crippen molar-refractivity contribution in [3.05, 3.63) is 60.8 Å². The van der Waals surface area contributed by atoms with Gasteiger partial charge in [-0.05, 0) is 266 Å². The number of hydrogen-bond acceptors (Lipinski definition) is 13. The fourth-order valence-electron chi connectivity index (χ4n) is 21.1. The maximum Gasteiger partial charge on any atom is 0.333 e. The van der Waals surface area contributed by atoms with Crippen LogP contribution in [-0.4, -0.2) is 91.0 Å². The molecule has 3 N–H and O–H groups in total. The Morgan fingerprint density at radius 3 is 1.13 bits per heavy atom. The van der Waals surface area contributed by atoms with Gasteiger partial charge in [-0.2, -0.15) is 0 Å². The van der Waals surface area contributed by atoms with Gasteiger partial charge in [-0.3, -0.25) is 0 Å². The molecule has 17 aliphatic rings. The zero-order valence-corrected chi connectivity index (χ0v) is 53.6. The largest absolute Gasteiger partial charge is 0.458 e. The minimum atomic E-state index is -0.743. The Kier molecular flexibility index (Phi) is 19.3. The molecule has 474 valence electrons. The first-order valence-corrected chi connectivity index (χ1v) is 33.4. The molecule has 17 aliphatic carbocycles. The summed E-state index contributed by atoms with van der Waals surface area (Å²) in [6.45, 7) is 35.5. The van der Waals surface area contributed by atoms with Gasteiger partial charge < -0.3 is 39.0 Å². The third-order valence-electron chi connectivity index (χ3n) is 23.9. The Morgan fingerprint density at radius 1 is 0.424 bits per heavy atom. The van der Waals surface area contributed by atoms with E-state index in [0.29, 0.717) is 107 Å². The maximum absolute atomic E-state index is 12.1. The van der Waals surface area contributed by atoms with E-state index < -0.39 is 16.8 Å². The van der Waals surface area contributed by atoms with Gasteiger partial charge in [0.05, 0.1) is 16.8 Å². The minimum Gasteiger partial charge on any atom is -0.458 e. The molecular formula is C72H108O13. The number of ether oxygens (including phenoxy) is 5. The van der Waals surface area contributed by atoms with Crippen LogP contribution in [-0.2, 0) is 47.7 Å². The summed E-state index contributed by atoms with van der Waals surface area (Å²) in [4.78, 5) is 58.7. The van der Waals surface area contributed by atoms with Crippen LogP contribution >= 0.6 is 0 Å². The van der Waals surface area contributed by atoms with Crippen LogP contribution in [0.1, 0.15) is 229 Å². The first-order chi connectivity index (χ1) is 39.8. The van der Waals surface area contributed by atoms with Crippen LogP contribution in [0.25, 0.3) is 0 Å². The van der Waals surface area contributed by atoms with Gasteiger partial charge in [0.2, 0.25) is 0 Å². The van der Waals surface area contributed by atoms with Gasteiger partial charge in [-0.15, -0.1) is 0 Å². The Morgan fingerprint density at radius 2 is 0.776 bits per heavy atom. The van der Waals surface area contributed by atoms with Crippen LogP contribution in [0, 0.1) is 82.9 Å². The van der Waals surface area contributed by atoms with E-state index in [1.54, 1.807) is 34.6 Å². The normalized spacial score (nSPS) is 42.1. The fraction of sp³-hybridized carbons (Fsp3) is 0.792. The SMILES string of the molecule is C=C(C)C(=O)OC1(C(C)C)C2CC3CC(C2)CC1C3.C=C(C)C(=O)OC1(CC)C2CC3CC(C2)CC1C3.C=C(C)C(=O)OC1(CC)CCCC1.C=C(C)C(=O)OC1C2CC3(O)CC1CC(O)(C2)C3.C=C(C)C(=O)OC1C2CC3CC1CC(O)(C3)C2. The van der Waals surface area contributed by atoms with Gasteiger partial charge in [-0.25, -0.2) is 24.0 Å². The molecule has 0 aromatic carbocycles. The van der Waals surface area contributed by atoms with Crippen molar-refractivity contribution < 1.29 is 63.0 Å². The fourth-order valence-corrected chi connectivity index (χ4v) is 21.1. The second-order valence-electron chi connectivity index (χ2n) is 31.1. The Labute approximate surface area is 509 Å². The van der Waals surface area contributed by atoms with Crippen LogP contribution in [0.2, 0.25) is 0 Å². The number of carbonyl (C=O) groups excluding carboxylic acids is 5. The van der Waals surface area contributed by atoms with Crippen molar-refractivity contribution in [3.63, 3.8) is 0 Å². The zero-order valence-electron chi connectivity index (χ0n) is 53.6. The third kappa shape index (κ3) is 13.6. The molecule has 0 heterocycles. The minimum absolute atomic E-state index is 0.0241. The maximum atomic E-state index is 12.1. The van der Waals surface area contributed by atoms with E-state index in [1.807, 2.05) is 0 Å². The van der Waals surface area contributed by atoms with Crippen molar-refractivity contribution >= 4 is 29.8 Å². The van der Waals surface area contributed by atoms with Gasteiger partial charge in [-0.1, -0.05) is 60.6 Å². The molecule has 0 saturated heterocycles. The van der Waals surface area contributed by atoms with Crippen molar-refractivity contribution in [1.82, 2.24) is 0 Å². The van der Waals surface area contributed by atoms with E-state index in [2.05, 4.69) is 60.6 Å². The molecule has 17 fully saturated rings. The molecule has 2 unspecified atom stereocenters. The van der Waals surface area contributed by atoms with Crippen LogP contribution in [0.4, 0.5) is 0 Å². The Hall–Kier alpha value is -4.07. The van der Waals surface area contributed by atoms with Crippen LogP contribution < -0.4 is 0 Å². The first kappa shape index (κ1) is 65.4. The molecule has 16 bridgehead atoms. The average Bonchev–Trinajstić information content (AvgIpc) is 2.15. The van der Waals surface area contributed by atoms with Gasteiger partial charge >= 0.3 is 29.8 Å². The summed E-state index contributed by atoms with van der Waals surface area (Å²) in [6.07, 6.45) is 27.1. The second kappa shape index (κ2) is 25.1. The summed E-state index contributed by atoms with van der Waals surface area (Å²) in [5.74, 6) is 6.79. The van der Waals surface area contributed by atoms with E-state index in [9.17, 15) is 39.3 Å². The molecule has 13 heteroatoms. The summed E-state index contributed by atoms with van der Waals surface area (Å²) in [5.41, 5.74) is -0.0331. The quantitative estimate of drug-likeness (QED) is 0.0897. The lowest BCUT2D eigenvalue weighted by Crippen LogP contribution is -2.64. The van der Waals surface area contributed by atoms with E-state index in [-0.39, 0.29) is 70.7 Å². The number of carbonyl (C=O) groups is 5. The molecule has 17 saturated carbocycles. The van der Waals surface area contributed by atoms with Gasteiger partial charge in [0.1, 0.15) is 29.0 Å². The van der Waals surface area contributed by atoms with E-state index >= 15 is 0 Å². The number of hydrogen-bond donors (Lipinski definition) is 3. The zero-order chi connectivity index (χ0) is 61.9. The van der Waals surface area contributed by atoms with Crippen LogP contribution in [0.3, 0.4) is 0 Å². The molecular weight excluding hydrogens is 1070 g/mol. The molecule has 17 rings (SSSR count). The van der Waals surface area contributed by atoms with Gasteiger partial charge in [0.25, 0.3) is 0 Å². The smallest absolute Gasteiger partial charge is 0.333 e. The van der Waals surface area contributed by atoms with Crippen molar-refractivity contribution in [2.24, 2.45) is 82.9 Å². The number of rotatable bonds is 13. The second-order valence-corrected chi connectivity index (χ2v) is 31.1. The first-order valence-electron chi connectivity index (χ1n) is 33.4. The monoisotopic (exact) mass is 1180 g/mol. The van der Waals surface area contributed by atoms with E-state index in [0.717, 1.165) is 81.5 Å². The summed E-state index contributed by atoms with van der Waals surface area (Å²) < 4.78 is 28.7. The molecule has 13 nitrogen and oxygen atoms in total. The van der Waals surface area contributed by atoms with Gasteiger partial charge in [0, 0.05) is 46.1 Å². The third-order valence-corrected chi connectivity index (χ3v) is 23.9. The molecule has 0 aromatic heterocycles. The molecule has 0 radical (unpaired) electrons. The average molecular weight is 1180 g/mol. The highest BCUT2D eigenvalue weighted by atomic mass is 16.6. The van der Waals surface area contributed by atoms with Crippen molar-refractivity contribution in [2.45, 2.75) is 275 Å². The highest BCUT2D eigenvalue weighted by Crippen LogP contribution is 2.64. The Balaban J connectivity index is 0.000000128. The highest BCUT2D eigenvalue weighted by molar-refractivity contribution is 5.89. The van der Waals surface area contributed by atoms with Gasteiger partial charge in [0.15, 0.2) is 0 Å². The lowest BCUT2D eigenvalue weighted by atomic mass is 9.47. The number of aliphatic hydroxyl groups is 3.